The van der Waals surface area contributed by atoms with E-state index in [-0.39, 0.29) is 0 Å². The molecule has 2 heterocycles. The molecule has 2 rings (SSSR count). The van der Waals surface area contributed by atoms with Crippen LogP contribution in [0, 0.1) is 0 Å². The van der Waals surface area contributed by atoms with Crippen molar-refractivity contribution < 1.29 is 19.1 Å². The summed E-state index contributed by atoms with van der Waals surface area (Å²) in [5, 5.41) is 3.68. The molecule has 0 radical (unpaired) electrons. The van der Waals surface area contributed by atoms with Gasteiger partial charge in [-0.15, -0.1) is 22.7 Å². The van der Waals surface area contributed by atoms with Gasteiger partial charge in [0.25, 0.3) is 0 Å². The molecule has 0 aliphatic heterocycles. The summed E-state index contributed by atoms with van der Waals surface area (Å²) in [4.78, 5) is 22.7. The Bertz CT molecular complexity index is 526. The molecule has 2 aromatic rings. The van der Waals surface area contributed by atoms with Gasteiger partial charge in [0.05, 0.1) is 13.2 Å². The van der Waals surface area contributed by atoms with Gasteiger partial charge in [-0.1, -0.05) is 0 Å². The van der Waals surface area contributed by atoms with Gasteiger partial charge in [-0.25, -0.2) is 0 Å². The van der Waals surface area contributed by atoms with E-state index in [1.807, 2.05) is 10.8 Å². The largest absolute Gasteiger partial charge is 0.491 e. The molecule has 0 atom stereocenters. The molecular weight excluding hydrogens is 328 g/mol. The highest BCUT2D eigenvalue weighted by Crippen LogP contribution is 2.23. The lowest BCUT2D eigenvalue weighted by Crippen LogP contribution is -2.05. The number of hydrogen-bond acceptors (Lipinski definition) is 7. The van der Waals surface area contributed by atoms with Gasteiger partial charge in [-0.2, -0.15) is 11.8 Å². The molecule has 0 aliphatic rings. The monoisotopic (exact) mass is 342 g/mol. The summed E-state index contributed by atoms with van der Waals surface area (Å²) in [5.41, 5.74) is 0. The summed E-state index contributed by atoms with van der Waals surface area (Å²) >= 11 is 4.46. The molecule has 4 nitrogen and oxygen atoms in total. The SMILES string of the molecule is O=Cc1sccc1OCCSCCOc1ccsc1C=O. The van der Waals surface area contributed by atoms with Gasteiger partial charge in [0, 0.05) is 11.5 Å². The molecule has 0 fully saturated rings. The van der Waals surface area contributed by atoms with Crippen LogP contribution in [0.1, 0.15) is 19.3 Å². The van der Waals surface area contributed by atoms with Crippen molar-refractivity contribution in [1.82, 2.24) is 0 Å². The molecule has 0 N–H and O–H groups in total. The van der Waals surface area contributed by atoms with Crippen LogP contribution in [0.2, 0.25) is 0 Å². The van der Waals surface area contributed by atoms with Crippen LogP contribution >= 0.6 is 34.4 Å². The molecule has 0 saturated carbocycles. The lowest BCUT2D eigenvalue weighted by molar-refractivity contribution is 0.111. The predicted molar refractivity (Wildman–Crippen MR) is 87.7 cm³/mol. The van der Waals surface area contributed by atoms with Gasteiger partial charge < -0.3 is 9.47 Å². The minimum atomic E-state index is 0.556. The van der Waals surface area contributed by atoms with Crippen molar-refractivity contribution >= 4 is 47.0 Å². The summed E-state index contributed by atoms with van der Waals surface area (Å²) in [7, 11) is 0. The van der Waals surface area contributed by atoms with Crippen LogP contribution in [0.4, 0.5) is 0 Å². The third kappa shape index (κ3) is 4.87. The van der Waals surface area contributed by atoms with Crippen LogP contribution in [0.15, 0.2) is 22.9 Å². The maximum atomic E-state index is 10.7. The Morgan fingerprint density at radius 3 is 1.81 bits per heavy atom. The highest BCUT2D eigenvalue weighted by atomic mass is 32.2. The lowest BCUT2D eigenvalue weighted by atomic mass is 10.4. The van der Waals surface area contributed by atoms with Gasteiger partial charge in [0.15, 0.2) is 12.6 Å². The van der Waals surface area contributed by atoms with Gasteiger partial charge in [0.1, 0.15) is 21.3 Å². The van der Waals surface area contributed by atoms with Crippen molar-refractivity contribution in [2.75, 3.05) is 24.7 Å². The lowest BCUT2D eigenvalue weighted by Gasteiger charge is -2.06. The van der Waals surface area contributed by atoms with E-state index >= 15 is 0 Å². The fourth-order valence-electron chi connectivity index (χ4n) is 1.55. The number of hydrogen-bond donors (Lipinski definition) is 0. The highest BCUT2D eigenvalue weighted by molar-refractivity contribution is 7.99. The Hall–Kier alpha value is -1.31. The van der Waals surface area contributed by atoms with E-state index < -0.39 is 0 Å². The Balaban J connectivity index is 1.56. The Labute approximate surface area is 135 Å². The zero-order chi connectivity index (χ0) is 14.9. The topological polar surface area (TPSA) is 52.6 Å². The Kier molecular flexibility index (Phi) is 6.78. The zero-order valence-electron chi connectivity index (χ0n) is 11.2. The van der Waals surface area contributed by atoms with E-state index in [9.17, 15) is 9.59 Å². The quantitative estimate of drug-likeness (QED) is 0.487. The molecule has 0 bridgehead atoms. The first-order valence-electron chi connectivity index (χ1n) is 6.24. The molecule has 0 saturated heterocycles. The minimum absolute atomic E-state index is 0.556. The standard InChI is InChI=1S/C14H14O4S3/c15-9-13-11(1-5-20-13)17-3-7-19-8-4-18-12-2-6-21-14(12)10-16/h1-2,5-6,9-10H,3-4,7-8H2. The van der Waals surface area contributed by atoms with Crippen LogP contribution in [0.25, 0.3) is 0 Å². The third-order valence-corrected chi connectivity index (χ3v) is 5.06. The van der Waals surface area contributed by atoms with Gasteiger partial charge in [-0.3, -0.25) is 9.59 Å². The summed E-state index contributed by atoms with van der Waals surface area (Å²) in [6.45, 7) is 1.11. The molecule has 0 amide bonds. The van der Waals surface area contributed by atoms with Gasteiger partial charge in [-0.05, 0) is 22.9 Å². The second-order valence-electron chi connectivity index (χ2n) is 3.84. The first kappa shape index (κ1) is 16.1. The van der Waals surface area contributed by atoms with Crippen LogP contribution in [0.5, 0.6) is 11.5 Å². The van der Waals surface area contributed by atoms with Crippen molar-refractivity contribution in [3.63, 3.8) is 0 Å². The van der Waals surface area contributed by atoms with Crippen LogP contribution in [0.3, 0.4) is 0 Å². The molecule has 21 heavy (non-hydrogen) atoms. The van der Waals surface area contributed by atoms with E-state index in [4.69, 9.17) is 9.47 Å². The molecule has 112 valence electrons. The molecule has 0 aromatic carbocycles. The van der Waals surface area contributed by atoms with Crippen LogP contribution in [-0.4, -0.2) is 37.3 Å². The van der Waals surface area contributed by atoms with E-state index in [0.29, 0.717) is 34.5 Å². The van der Waals surface area contributed by atoms with Crippen LogP contribution in [-0.2, 0) is 0 Å². The Morgan fingerprint density at radius 1 is 0.905 bits per heavy atom. The molecule has 2 aromatic heterocycles. The predicted octanol–water partition coefficient (Wildman–Crippen LogP) is 3.63. The van der Waals surface area contributed by atoms with Crippen molar-refractivity contribution in [2.24, 2.45) is 0 Å². The van der Waals surface area contributed by atoms with E-state index in [2.05, 4.69) is 0 Å². The molecule has 0 aliphatic carbocycles. The number of aldehydes is 2. The molecular formula is C14H14O4S3. The van der Waals surface area contributed by atoms with Crippen molar-refractivity contribution in [3.8, 4) is 11.5 Å². The van der Waals surface area contributed by atoms with Gasteiger partial charge >= 0.3 is 0 Å². The number of rotatable bonds is 10. The van der Waals surface area contributed by atoms with Crippen LogP contribution < -0.4 is 9.47 Å². The van der Waals surface area contributed by atoms with Crippen molar-refractivity contribution in [2.45, 2.75) is 0 Å². The summed E-state index contributed by atoms with van der Waals surface area (Å²) < 4.78 is 11.1. The first-order valence-corrected chi connectivity index (χ1v) is 9.15. The van der Waals surface area contributed by atoms with Crippen molar-refractivity contribution in [1.29, 1.82) is 0 Å². The zero-order valence-corrected chi connectivity index (χ0v) is 13.6. The number of thiophene rings is 2. The number of carbonyl (C=O) groups is 2. The second kappa shape index (κ2) is 8.86. The summed E-state index contributed by atoms with van der Waals surface area (Å²) in [6.07, 6.45) is 1.62. The summed E-state index contributed by atoms with van der Waals surface area (Å²) in [6, 6.07) is 3.61. The maximum absolute atomic E-state index is 10.7. The highest BCUT2D eigenvalue weighted by Gasteiger charge is 2.05. The average molecular weight is 342 g/mol. The van der Waals surface area contributed by atoms with Gasteiger partial charge in [0.2, 0.25) is 0 Å². The summed E-state index contributed by atoms with van der Waals surface area (Å²) in [5.74, 6) is 2.95. The average Bonchev–Trinajstić information content (AvgIpc) is 3.14. The normalized spacial score (nSPS) is 10.3. The van der Waals surface area contributed by atoms with Crippen molar-refractivity contribution in [3.05, 3.63) is 32.6 Å². The van der Waals surface area contributed by atoms with E-state index in [1.165, 1.54) is 22.7 Å². The third-order valence-electron chi connectivity index (χ3n) is 2.50. The number of carbonyl (C=O) groups excluding carboxylic acids is 2. The molecule has 0 unspecified atom stereocenters. The second-order valence-corrected chi connectivity index (χ2v) is 6.96. The van der Waals surface area contributed by atoms with E-state index in [1.54, 1.807) is 23.9 Å². The molecule has 7 heteroatoms. The van der Waals surface area contributed by atoms with E-state index in [0.717, 1.165) is 24.1 Å². The fraction of sp³-hybridized carbons (Fsp3) is 0.286. The Morgan fingerprint density at radius 2 is 1.38 bits per heavy atom. The first-order chi connectivity index (χ1) is 10.3. The number of ether oxygens (including phenoxy) is 2. The fourth-order valence-corrected chi connectivity index (χ4v) is 3.43. The number of thioether (sulfide) groups is 1. The molecule has 0 spiro atoms. The smallest absolute Gasteiger partial charge is 0.163 e. The maximum Gasteiger partial charge on any atom is 0.163 e. The minimum Gasteiger partial charge on any atom is -0.491 e.